The molecule has 0 saturated carbocycles. The van der Waals surface area contributed by atoms with E-state index in [1.54, 1.807) is 0 Å². The lowest BCUT2D eigenvalue weighted by Crippen LogP contribution is -2.36. The first-order chi connectivity index (χ1) is 7.20. The molecule has 0 aliphatic heterocycles. The Morgan fingerprint density at radius 3 is 2.00 bits per heavy atom. The van der Waals surface area contributed by atoms with Gasteiger partial charge in [0.15, 0.2) is 0 Å². The van der Waals surface area contributed by atoms with Gasteiger partial charge in [-0.1, -0.05) is 33.1 Å². The van der Waals surface area contributed by atoms with Gasteiger partial charge in [0.1, 0.15) is 0 Å². The molecule has 2 N–H and O–H groups in total. The van der Waals surface area contributed by atoms with Crippen molar-refractivity contribution in [3.63, 3.8) is 0 Å². The van der Waals surface area contributed by atoms with Crippen LogP contribution in [0.3, 0.4) is 0 Å². The van der Waals surface area contributed by atoms with Crippen molar-refractivity contribution >= 4 is 0 Å². The molecule has 0 saturated heterocycles. The number of unbranched alkanes of at least 4 members (excludes halogenated alkanes) is 2. The van der Waals surface area contributed by atoms with Gasteiger partial charge in [0, 0.05) is 25.2 Å². The molecule has 0 aromatic rings. The van der Waals surface area contributed by atoms with Crippen LogP contribution in [-0.2, 0) is 0 Å². The lowest BCUT2D eigenvalue weighted by Gasteiger charge is -2.15. The third kappa shape index (κ3) is 10.2. The van der Waals surface area contributed by atoms with Gasteiger partial charge in [-0.3, -0.25) is 0 Å². The predicted octanol–water partition coefficient (Wildman–Crippen LogP) is 2.93. The molecular formula is C13H30N2. The highest BCUT2D eigenvalue weighted by atomic mass is 15.0. The Balaban J connectivity index is 3.19. The molecule has 0 aromatic carbocycles. The van der Waals surface area contributed by atoms with E-state index in [9.17, 15) is 0 Å². The molecule has 2 heteroatoms. The van der Waals surface area contributed by atoms with E-state index in [4.69, 9.17) is 0 Å². The zero-order chi connectivity index (χ0) is 11.5. The number of hydrogen-bond acceptors (Lipinski definition) is 2. The molecule has 0 aliphatic rings. The Bertz CT molecular complexity index is 126. The van der Waals surface area contributed by atoms with Gasteiger partial charge in [0.25, 0.3) is 0 Å². The van der Waals surface area contributed by atoms with Gasteiger partial charge in [0.05, 0.1) is 0 Å². The van der Waals surface area contributed by atoms with Gasteiger partial charge < -0.3 is 10.6 Å². The highest BCUT2D eigenvalue weighted by molar-refractivity contribution is 4.63. The lowest BCUT2D eigenvalue weighted by molar-refractivity contribution is 0.460. The van der Waals surface area contributed by atoms with Gasteiger partial charge >= 0.3 is 0 Å². The first kappa shape index (κ1) is 14.9. The minimum absolute atomic E-state index is 0.655. The maximum Gasteiger partial charge on any atom is 0.00793 e. The standard InChI is InChI=1S/C13H30N2/c1-5-7-8-9-13(4)15-11-10-14-12(3)6-2/h12-15H,5-11H2,1-4H3. The molecular weight excluding hydrogens is 184 g/mol. The highest BCUT2D eigenvalue weighted by Crippen LogP contribution is 2.02. The minimum Gasteiger partial charge on any atom is -0.313 e. The highest BCUT2D eigenvalue weighted by Gasteiger charge is 2.00. The van der Waals surface area contributed by atoms with E-state index in [0.717, 1.165) is 13.1 Å². The Hall–Kier alpha value is -0.0800. The average Bonchev–Trinajstić information content (AvgIpc) is 2.24. The number of rotatable bonds is 10. The van der Waals surface area contributed by atoms with Crippen molar-refractivity contribution in [1.29, 1.82) is 0 Å². The van der Waals surface area contributed by atoms with Crippen molar-refractivity contribution in [2.75, 3.05) is 13.1 Å². The van der Waals surface area contributed by atoms with E-state index < -0.39 is 0 Å². The lowest BCUT2D eigenvalue weighted by atomic mass is 10.1. The smallest absolute Gasteiger partial charge is 0.00793 e. The van der Waals surface area contributed by atoms with Crippen LogP contribution in [-0.4, -0.2) is 25.2 Å². The zero-order valence-electron chi connectivity index (χ0n) is 11.1. The third-order valence-corrected chi connectivity index (χ3v) is 2.96. The molecule has 2 unspecified atom stereocenters. The van der Waals surface area contributed by atoms with E-state index in [-0.39, 0.29) is 0 Å². The fraction of sp³-hybridized carbons (Fsp3) is 1.00. The van der Waals surface area contributed by atoms with Gasteiger partial charge in [-0.2, -0.15) is 0 Å². The molecule has 0 bridgehead atoms. The largest absolute Gasteiger partial charge is 0.313 e. The molecule has 0 radical (unpaired) electrons. The Morgan fingerprint density at radius 2 is 1.47 bits per heavy atom. The van der Waals surface area contributed by atoms with E-state index in [1.807, 2.05) is 0 Å². The molecule has 2 nitrogen and oxygen atoms in total. The SMILES string of the molecule is CCCCCC(C)NCCNC(C)CC. The van der Waals surface area contributed by atoms with E-state index >= 15 is 0 Å². The third-order valence-electron chi connectivity index (χ3n) is 2.96. The second-order valence-electron chi connectivity index (χ2n) is 4.61. The van der Waals surface area contributed by atoms with Crippen LogP contribution >= 0.6 is 0 Å². The normalized spacial score (nSPS) is 15.2. The van der Waals surface area contributed by atoms with Crippen LogP contribution in [0.15, 0.2) is 0 Å². The summed E-state index contributed by atoms with van der Waals surface area (Å²) in [6.45, 7) is 11.2. The second-order valence-corrected chi connectivity index (χ2v) is 4.61. The van der Waals surface area contributed by atoms with Crippen molar-refractivity contribution < 1.29 is 0 Å². The molecule has 0 heterocycles. The summed E-state index contributed by atoms with van der Waals surface area (Å²) in [4.78, 5) is 0. The van der Waals surface area contributed by atoms with Gasteiger partial charge in [-0.25, -0.2) is 0 Å². The average molecular weight is 214 g/mol. The fourth-order valence-corrected chi connectivity index (χ4v) is 1.58. The van der Waals surface area contributed by atoms with Crippen molar-refractivity contribution in [2.45, 2.75) is 71.9 Å². The molecule has 2 atom stereocenters. The summed E-state index contributed by atoms with van der Waals surface area (Å²) in [5.41, 5.74) is 0. The minimum atomic E-state index is 0.655. The Kier molecular flexibility index (Phi) is 10.4. The first-order valence-corrected chi connectivity index (χ1v) is 6.67. The van der Waals surface area contributed by atoms with Gasteiger partial charge in [0.2, 0.25) is 0 Å². The van der Waals surface area contributed by atoms with E-state index in [0.29, 0.717) is 12.1 Å². The van der Waals surface area contributed by atoms with Crippen LogP contribution in [0, 0.1) is 0 Å². The summed E-state index contributed by atoms with van der Waals surface area (Å²) in [6, 6.07) is 1.33. The molecule has 0 aromatic heterocycles. The first-order valence-electron chi connectivity index (χ1n) is 6.67. The van der Waals surface area contributed by atoms with Crippen LogP contribution in [0.5, 0.6) is 0 Å². The van der Waals surface area contributed by atoms with E-state index in [1.165, 1.54) is 32.1 Å². The molecule has 0 fully saturated rings. The van der Waals surface area contributed by atoms with E-state index in [2.05, 4.69) is 38.3 Å². The summed E-state index contributed by atoms with van der Waals surface area (Å²) in [5.74, 6) is 0. The van der Waals surface area contributed by atoms with Gasteiger partial charge in [-0.05, 0) is 26.7 Å². The topological polar surface area (TPSA) is 24.1 Å². The Labute approximate surface area is 96.2 Å². The number of nitrogens with one attached hydrogen (secondary N) is 2. The summed E-state index contributed by atoms with van der Waals surface area (Å²) >= 11 is 0. The van der Waals surface area contributed by atoms with Crippen molar-refractivity contribution in [3.8, 4) is 0 Å². The molecule has 0 aliphatic carbocycles. The van der Waals surface area contributed by atoms with Gasteiger partial charge in [-0.15, -0.1) is 0 Å². The summed E-state index contributed by atoms with van der Waals surface area (Å²) in [6.07, 6.45) is 6.59. The van der Waals surface area contributed by atoms with Crippen LogP contribution in [0.25, 0.3) is 0 Å². The molecule has 0 amide bonds. The van der Waals surface area contributed by atoms with Crippen molar-refractivity contribution in [2.24, 2.45) is 0 Å². The zero-order valence-corrected chi connectivity index (χ0v) is 11.1. The second kappa shape index (κ2) is 10.4. The number of hydrogen-bond donors (Lipinski definition) is 2. The summed E-state index contributed by atoms with van der Waals surface area (Å²) in [5, 5.41) is 7.05. The molecule has 0 rings (SSSR count). The van der Waals surface area contributed by atoms with Crippen molar-refractivity contribution in [1.82, 2.24) is 10.6 Å². The predicted molar refractivity (Wildman–Crippen MR) is 69.4 cm³/mol. The maximum absolute atomic E-state index is 3.56. The van der Waals surface area contributed by atoms with Crippen molar-refractivity contribution in [3.05, 3.63) is 0 Å². The molecule has 92 valence electrons. The monoisotopic (exact) mass is 214 g/mol. The van der Waals surface area contributed by atoms with Crippen LogP contribution < -0.4 is 10.6 Å². The summed E-state index contributed by atoms with van der Waals surface area (Å²) in [7, 11) is 0. The van der Waals surface area contributed by atoms with Crippen LogP contribution in [0.4, 0.5) is 0 Å². The van der Waals surface area contributed by atoms with Crippen LogP contribution in [0.1, 0.15) is 59.8 Å². The van der Waals surface area contributed by atoms with Crippen LogP contribution in [0.2, 0.25) is 0 Å². The Morgan fingerprint density at radius 1 is 0.867 bits per heavy atom. The molecule has 0 spiro atoms. The summed E-state index contributed by atoms with van der Waals surface area (Å²) < 4.78 is 0. The maximum atomic E-state index is 3.56. The molecule has 15 heavy (non-hydrogen) atoms. The fourth-order valence-electron chi connectivity index (χ4n) is 1.58. The quantitative estimate of drug-likeness (QED) is 0.546.